The molecule has 8 heteroatoms. The molecule has 1 amide bonds. The summed E-state index contributed by atoms with van der Waals surface area (Å²) >= 11 is 0. The van der Waals surface area contributed by atoms with Gasteiger partial charge in [0.1, 0.15) is 17.1 Å². The molecule has 8 nitrogen and oxygen atoms in total. The minimum Gasteiger partial charge on any atom is -0.496 e. The van der Waals surface area contributed by atoms with Gasteiger partial charge in [-0.25, -0.2) is 4.79 Å². The topological polar surface area (TPSA) is 97.7 Å². The SMILES string of the molecule is COc1ccccc1COCCCOc1ccc([C@@H]2[C@H](O)CN(C(=O)OC(C)(C)C)C[C@@H]2O)cc1. The molecule has 1 aliphatic heterocycles. The molecule has 0 spiro atoms. The Morgan fingerprint density at radius 3 is 2.29 bits per heavy atom. The Morgan fingerprint density at radius 2 is 1.66 bits per heavy atom. The molecular formula is C27H37NO7. The van der Waals surface area contributed by atoms with Crippen LogP contribution in [-0.4, -0.2) is 72.4 Å². The van der Waals surface area contributed by atoms with E-state index in [9.17, 15) is 15.0 Å². The first-order chi connectivity index (χ1) is 16.7. The Kier molecular flexibility index (Phi) is 9.37. The Morgan fingerprint density at radius 1 is 1.00 bits per heavy atom. The number of piperidine rings is 1. The Balaban J connectivity index is 1.43. The zero-order valence-corrected chi connectivity index (χ0v) is 21.0. The minimum atomic E-state index is -0.904. The quantitative estimate of drug-likeness (QED) is 0.520. The largest absolute Gasteiger partial charge is 0.496 e. The summed E-state index contributed by atoms with van der Waals surface area (Å²) in [6.45, 7) is 7.09. The van der Waals surface area contributed by atoms with Crippen LogP contribution in [0.3, 0.4) is 0 Å². The van der Waals surface area contributed by atoms with Gasteiger partial charge in [0, 0.05) is 17.9 Å². The Labute approximate surface area is 207 Å². The number of likely N-dealkylation sites (tertiary alicyclic amines) is 1. The summed E-state index contributed by atoms with van der Waals surface area (Å²) < 4.78 is 22.2. The number of methoxy groups -OCH3 is 1. The van der Waals surface area contributed by atoms with Gasteiger partial charge < -0.3 is 34.1 Å². The molecule has 0 unspecified atom stereocenters. The minimum absolute atomic E-state index is 0.101. The fourth-order valence-corrected chi connectivity index (χ4v) is 4.07. The van der Waals surface area contributed by atoms with Crippen molar-refractivity contribution >= 4 is 6.09 Å². The van der Waals surface area contributed by atoms with Gasteiger partial charge in [-0.2, -0.15) is 0 Å². The van der Waals surface area contributed by atoms with Gasteiger partial charge in [-0.15, -0.1) is 0 Å². The molecule has 0 bridgehead atoms. The molecule has 0 saturated carbocycles. The van der Waals surface area contributed by atoms with Crippen molar-refractivity contribution in [2.45, 2.75) is 57.5 Å². The van der Waals surface area contributed by atoms with Crippen LogP contribution < -0.4 is 9.47 Å². The second-order valence-corrected chi connectivity index (χ2v) is 9.68. The lowest BCUT2D eigenvalue weighted by Gasteiger charge is -2.40. The van der Waals surface area contributed by atoms with Crippen LogP contribution in [0.5, 0.6) is 11.5 Å². The van der Waals surface area contributed by atoms with Crippen molar-refractivity contribution in [3.8, 4) is 11.5 Å². The molecule has 2 aromatic carbocycles. The van der Waals surface area contributed by atoms with Crippen molar-refractivity contribution in [3.63, 3.8) is 0 Å². The molecule has 0 radical (unpaired) electrons. The maximum absolute atomic E-state index is 12.3. The van der Waals surface area contributed by atoms with Crippen LogP contribution in [-0.2, 0) is 16.1 Å². The van der Waals surface area contributed by atoms with Gasteiger partial charge in [0.25, 0.3) is 0 Å². The molecule has 2 aromatic rings. The molecule has 2 N–H and O–H groups in total. The van der Waals surface area contributed by atoms with Gasteiger partial charge in [0.2, 0.25) is 0 Å². The van der Waals surface area contributed by atoms with Gasteiger partial charge in [0.05, 0.1) is 52.2 Å². The summed E-state index contributed by atoms with van der Waals surface area (Å²) in [6, 6.07) is 15.1. The van der Waals surface area contributed by atoms with Crippen molar-refractivity contribution in [2.24, 2.45) is 0 Å². The summed E-state index contributed by atoms with van der Waals surface area (Å²) in [4.78, 5) is 13.7. The van der Waals surface area contributed by atoms with Crippen LogP contribution in [0.15, 0.2) is 48.5 Å². The Hall–Kier alpha value is -2.81. The molecule has 1 fully saturated rings. The number of rotatable bonds is 9. The van der Waals surface area contributed by atoms with E-state index in [2.05, 4.69) is 0 Å². The lowest BCUT2D eigenvalue weighted by atomic mass is 9.85. The molecule has 1 saturated heterocycles. The summed E-state index contributed by atoms with van der Waals surface area (Å²) in [5.74, 6) is 1.02. The first-order valence-corrected chi connectivity index (χ1v) is 11.9. The average molecular weight is 488 g/mol. The van der Waals surface area contributed by atoms with E-state index in [1.807, 2.05) is 48.5 Å². The number of hydrogen-bond acceptors (Lipinski definition) is 7. The number of carbonyl (C=O) groups is 1. The first kappa shape index (κ1) is 26.8. The molecule has 0 aliphatic carbocycles. The highest BCUT2D eigenvalue weighted by Gasteiger charge is 2.39. The van der Waals surface area contributed by atoms with Crippen LogP contribution in [0.1, 0.15) is 44.2 Å². The Bertz CT molecular complexity index is 929. The molecule has 3 atom stereocenters. The van der Waals surface area contributed by atoms with Crippen molar-refractivity contribution in [2.75, 3.05) is 33.4 Å². The zero-order chi connectivity index (χ0) is 25.4. The van der Waals surface area contributed by atoms with E-state index in [1.54, 1.807) is 27.9 Å². The van der Waals surface area contributed by atoms with E-state index in [0.717, 1.165) is 23.3 Å². The standard InChI is InChI=1S/C27H37NO7/c1-27(2,3)35-26(31)28-16-22(29)25(23(30)17-28)19-10-12-21(13-11-19)34-15-7-14-33-18-20-8-5-6-9-24(20)32-4/h5-6,8-13,22-23,25,29-30H,7,14-18H2,1-4H3/t22-,23+,25-. The first-order valence-electron chi connectivity index (χ1n) is 11.9. The third-order valence-electron chi connectivity index (χ3n) is 5.71. The predicted molar refractivity (Wildman–Crippen MR) is 132 cm³/mol. The monoisotopic (exact) mass is 487 g/mol. The molecule has 1 heterocycles. The van der Waals surface area contributed by atoms with Gasteiger partial charge in [-0.05, 0) is 44.5 Å². The lowest BCUT2D eigenvalue weighted by Crippen LogP contribution is -2.53. The summed E-state index contributed by atoms with van der Waals surface area (Å²) in [5.41, 5.74) is 1.16. The van der Waals surface area contributed by atoms with Crippen molar-refractivity contribution < 1.29 is 34.0 Å². The summed E-state index contributed by atoms with van der Waals surface area (Å²) in [6.07, 6.45) is -1.61. The molecule has 3 rings (SSSR count). The maximum Gasteiger partial charge on any atom is 0.410 e. The number of aliphatic hydroxyl groups excluding tert-OH is 2. The number of hydrogen-bond donors (Lipinski definition) is 2. The average Bonchev–Trinajstić information content (AvgIpc) is 2.81. The second kappa shape index (κ2) is 12.2. The number of amides is 1. The molecule has 192 valence electrons. The third kappa shape index (κ3) is 7.85. The van der Waals surface area contributed by atoms with E-state index in [1.165, 1.54) is 4.90 Å². The highest BCUT2D eigenvalue weighted by molar-refractivity contribution is 5.68. The molecular weight excluding hydrogens is 450 g/mol. The highest BCUT2D eigenvalue weighted by atomic mass is 16.6. The molecule has 0 aromatic heterocycles. The number of β-amino-alcohol motifs (C(OH)–C–C–N with tert-alkyl or cyclic N) is 2. The van der Waals surface area contributed by atoms with Crippen LogP contribution in [0.4, 0.5) is 4.79 Å². The number of nitrogens with zero attached hydrogens (tertiary/aromatic N) is 1. The van der Waals surface area contributed by atoms with E-state index in [-0.39, 0.29) is 13.1 Å². The fraction of sp³-hybridized carbons (Fsp3) is 0.519. The lowest BCUT2D eigenvalue weighted by molar-refractivity contribution is -0.0429. The molecule has 35 heavy (non-hydrogen) atoms. The van der Waals surface area contributed by atoms with Crippen LogP contribution in [0.2, 0.25) is 0 Å². The summed E-state index contributed by atoms with van der Waals surface area (Å²) in [5, 5.41) is 21.3. The normalized spacial score (nSPS) is 20.4. The fourth-order valence-electron chi connectivity index (χ4n) is 4.07. The number of carbonyl (C=O) groups excluding carboxylic acids is 1. The van der Waals surface area contributed by atoms with Crippen molar-refractivity contribution in [3.05, 3.63) is 59.7 Å². The van der Waals surface area contributed by atoms with Gasteiger partial charge in [0.15, 0.2) is 0 Å². The number of benzene rings is 2. The number of aliphatic hydroxyl groups is 2. The van der Waals surface area contributed by atoms with Crippen LogP contribution in [0, 0.1) is 0 Å². The van der Waals surface area contributed by atoms with E-state index < -0.39 is 29.8 Å². The third-order valence-corrected chi connectivity index (χ3v) is 5.71. The highest BCUT2D eigenvalue weighted by Crippen LogP contribution is 2.31. The summed E-state index contributed by atoms with van der Waals surface area (Å²) in [7, 11) is 1.65. The maximum atomic E-state index is 12.3. The van der Waals surface area contributed by atoms with E-state index in [4.69, 9.17) is 18.9 Å². The number of para-hydroxylation sites is 1. The number of ether oxygens (including phenoxy) is 4. The van der Waals surface area contributed by atoms with Crippen molar-refractivity contribution in [1.82, 2.24) is 4.90 Å². The van der Waals surface area contributed by atoms with Gasteiger partial charge in [-0.1, -0.05) is 30.3 Å². The second-order valence-electron chi connectivity index (χ2n) is 9.68. The van der Waals surface area contributed by atoms with Gasteiger partial charge in [-0.3, -0.25) is 0 Å². The van der Waals surface area contributed by atoms with Gasteiger partial charge >= 0.3 is 6.09 Å². The van der Waals surface area contributed by atoms with Crippen LogP contribution >= 0.6 is 0 Å². The van der Waals surface area contributed by atoms with Crippen molar-refractivity contribution in [1.29, 1.82) is 0 Å². The molecule has 1 aliphatic rings. The van der Waals surface area contributed by atoms with E-state index in [0.29, 0.717) is 25.6 Å². The smallest absolute Gasteiger partial charge is 0.410 e. The van der Waals surface area contributed by atoms with E-state index >= 15 is 0 Å². The zero-order valence-electron chi connectivity index (χ0n) is 21.0. The van der Waals surface area contributed by atoms with Crippen LogP contribution in [0.25, 0.3) is 0 Å². The predicted octanol–water partition coefficient (Wildman–Crippen LogP) is 3.74.